The van der Waals surface area contributed by atoms with Crippen molar-refractivity contribution in [1.29, 1.82) is 0 Å². The van der Waals surface area contributed by atoms with Crippen LogP contribution in [0.3, 0.4) is 0 Å². The van der Waals surface area contributed by atoms with Crippen LogP contribution in [0.25, 0.3) is 11.0 Å². The Bertz CT molecular complexity index is 1210. The Balaban J connectivity index is 1.61. The van der Waals surface area contributed by atoms with Gasteiger partial charge in [-0.25, -0.2) is 4.98 Å². The number of hydrogen-bond donors (Lipinski definition) is 2. The number of aromatic nitrogens is 2. The van der Waals surface area contributed by atoms with E-state index in [-0.39, 0.29) is 5.91 Å². The van der Waals surface area contributed by atoms with Gasteiger partial charge in [-0.2, -0.15) is 0 Å². The lowest BCUT2D eigenvalue weighted by atomic mass is 10.1. The van der Waals surface area contributed by atoms with Crippen molar-refractivity contribution in [2.45, 2.75) is 24.3 Å². The second-order valence-electron chi connectivity index (χ2n) is 7.02. The summed E-state index contributed by atoms with van der Waals surface area (Å²) in [7, 11) is 0. The average Bonchev–Trinajstić information content (AvgIpc) is 3.17. The lowest BCUT2D eigenvalue weighted by Gasteiger charge is -2.16. The van der Waals surface area contributed by atoms with E-state index in [1.165, 1.54) is 11.8 Å². The normalized spacial score (nSPS) is 12.0. The molecule has 0 aliphatic rings. The molecule has 1 heterocycles. The fraction of sp³-hybridized carbons (Fsp3) is 0.167. The maximum absolute atomic E-state index is 13.2. The summed E-state index contributed by atoms with van der Waals surface area (Å²) in [5, 5.41) is 3.77. The summed E-state index contributed by atoms with van der Waals surface area (Å²) in [5.41, 5.74) is 4.20. The van der Waals surface area contributed by atoms with Crippen LogP contribution in [0.5, 0.6) is 5.75 Å². The number of aryl methyl sites for hydroxylation is 1. The molecule has 0 unspecified atom stereocenters. The second kappa shape index (κ2) is 9.45. The number of H-pyrrole nitrogens is 1. The molecule has 1 amide bonds. The Morgan fingerprint density at radius 1 is 1.16 bits per heavy atom. The monoisotopic (exact) mass is 451 g/mol. The van der Waals surface area contributed by atoms with Crippen LogP contribution in [0.15, 0.2) is 71.9 Å². The first-order valence-corrected chi connectivity index (χ1v) is 11.2. The van der Waals surface area contributed by atoms with Gasteiger partial charge in [-0.15, -0.1) is 0 Å². The number of rotatable bonds is 7. The molecular formula is C24H22ClN3O2S. The summed E-state index contributed by atoms with van der Waals surface area (Å²) in [6.07, 6.45) is 0. The molecule has 0 aliphatic heterocycles. The molecule has 0 spiro atoms. The van der Waals surface area contributed by atoms with Crippen molar-refractivity contribution in [1.82, 2.24) is 9.97 Å². The molecule has 31 heavy (non-hydrogen) atoms. The summed E-state index contributed by atoms with van der Waals surface area (Å²) in [5.74, 6) is 0.635. The summed E-state index contributed by atoms with van der Waals surface area (Å²) < 4.78 is 5.57. The number of aromatic amines is 1. The van der Waals surface area contributed by atoms with Crippen LogP contribution >= 0.6 is 23.4 Å². The van der Waals surface area contributed by atoms with Crippen molar-refractivity contribution < 1.29 is 9.53 Å². The molecule has 1 aromatic heterocycles. The molecular weight excluding hydrogens is 430 g/mol. The van der Waals surface area contributed by atoms with Crippen LogP contribution < -0.4 is 10.1 Å². The van der Waals surface area contributed by atoms with Gasteiger partial charge < -0.3 is 15.0 Å². The minimum atomic E-state index is -0.492. The molecule has 0 bridgehead atoms. The van der Waals surface area contributed by atoms with Gasteiger partial charge in [0.1, 0.15) is 11.0 Å². The molecule has 4 rings (SSSR count). The number of nitrogens with one attached hydrogen (secondary N) is 2. The molecule has 7 heteroatoms. The van der Waals surface area contributed by atoms with Crippen molar-refractivity contribution in [3.05, 3.63) is 82.9 Å². The number of fused-ring (bicyclic) bond motifs is 1. The number of nitrogens with zero attached hydrogens (tertiary/aromatic N) is 1. The molecule has 2 N–H and O–H groups in total. The number of benzene rings is 3. The summed E-state index contributed by atoms with van der Waals surface area (Å²) in [4.78, 5) is 21.2. The van der Waals surface area contributed by atoms with E-state index >= 15 is 0 Å². The van der Waals surface area contributed by atoms with Gasteiger partial charge >= 0.3 is 0 Å². The highest BCUT2D eigenvalue weighted by Gasteiger charge is 2.24. The number of carbonyl (C=O) groups excluding carboxylic acids is 1. The summed E-state index contributed by atoms with van der Waals surface area (Å²) in [6.45, 7) is 4.47. The van der Waals surface area contributed by atoms with E-state index in [4.69, 9.17) is 16.3 Å². The summed E-state index contributed by atoms with van der Waals surface area (Å²) in [6, 6.07) is 20.9. The van der Waals surface area contributed by atoms with Crippen LogP contribution in [0.1, 0.15) is 23.3 Å². The molecule has 1 atom stereocenters. The van der Waals surface area contributed by atoms with Crippen molar-refractivity contribution in [3.63, 3.8) is 0 Å². The van der Waals surface area contributed by atoms with E-state index in [1.54, 1.807) is 6.07 Å². The third kappa shape index (κ3) is 5.03. The van der Waals surface area contributed by atoms with Crippen LogP contribution in [0.4, 0.5) is 5.69 Å². The first-order chi connectivity index (χ1) is 15.0. The van der Waals surface area contributed by atoms with E-state index in [1.807, 2.05) is 74.5 Å². The third-order valence-corrected chi connectivity index (χ3v) is 6.30. The number of anilines is 1. The molecule has 0 radical (unpaired) electrons. The number of imidazole rings is 1. The number of hydrogen-bond acceptors (Lipinski definition) is 4. The number of amides is 1. The molecule has 0 fully saturated rings. The Morgan fingerprint density at radius 2 is 1.97 bits per heavy atom. The van der Waals surface area contributed by atoms with Gasteiger partial charge in [0.25, 0.3) is 0 Å². The number of halogens is 1. The van der Waals surface area contributed by atoms with Gasteiger partial charge in [0.05, 0.1) is 17.6 Å². The molecule has 0 saturated heterocycles. The smallest absolute Gasteiger partial charge is 0.242 e. The Hall–Kier alpha value is -2.96. The molecule has 0 aliphatic carbocycles. The fourth-order valence-electron chi connectivity index (χ4n) is 3.17. The second-order valence-corrected chi connectivity index (χ2v) is 8.52. The van der Waals surface area contributed by atoms with Gasteiger partial charge in [0.2, 0.25) is 5.91 Å². The number of carbonyl (C=O) groups is 1. The Kier molecular flexibility index (Phi) is 6.49. The molecule has 158 valence electrons. The van der Waals surface area contributed by atoms with Crippen LogP contribution in [-0.2, 0) is 4.79 Å². The zero-order chi connectivity index (χ0) is 21.8. The lowest BCUT2D eigenvalue weighted by molar-refractivity contribution is -0.115. The van der Waals surface area contributed by atoms with Crippen molar-refractivity contribution in [2.75, 3.05) is 11.9 Å². The van der Waals surface area contributed by atoms with Gasteiger partial charge in [-0.1, -0.05) is 59.8 Å². The van der Waals surface area contributed by atoms with E-state index < -0.39 is 5.25 Å². The molecule has 5 nitrogen and oxygen atoms in total. The zero-order valence-corrected chi connectivity index (χ0v) is 18.8. The van der Waals surface area contributed by atoms with E-state index in [9.17, 15) is 4.79 Å². The van der Waals surface area contributed by atoms with Gasteiger partial charge in [-0.05, 0) is 49.2 Å². The van der Waals surface area contributed by atoms with E-state index in [2.05, 4.69) is 15.3 Å². The minimum Gasteiger partial charge on any atom is -0.494 e. The molecule has 3 aromatic carbocycles. The zero-order valence-electron chi connectivity index (χ0n) is 17.2. The van der Waals surface area contributed by atoms with Gasteiger partial charge in [0, 0.05) is 16.8 Å². The quantitative estimate of drug-likeness (QED) is 0.319. The highest BCUT2D eigenvalue weighted by molar-refractivity contribution is 8.00. The topological polar surface area (TPSA) is 67.0 Å². The predicted octanol–water partition coefficient (Wildman–Crippen LogP) is 6.40. The van der Waals surface area contributed by atoms with Gasteiger partial charge in [0.15, 0.2) is 5.16 Å². The lowest BCUT2D eigenvalue weighted by Crippen LogP contribution is -2.19. The molecule has 0 saturated carbocycles. The minimum absolute atomic E-state index is 0.147. The maximum atomic E-state index is 13.2. The van der Waals surface area contributed by atoms with E-state index in [0.717, 1.165) is 27.9 Å². The van der Waals surface area contributed by atoms with E-state index in [0.29, 0.717) is 22.5 Å². The van der Waals surface area contributed by atoms with Crippen LogP contribution in [0, 0.1) is 6.92 Å². The largest absolute Gasteiger partial charge is 0.494 e. The SMILES string of the molecule is CCOc1ccc2nc(S[C@H](C(=O)Nc3ccc(C)c(Cl)c3)c3ccccc3)[nH]c2c1. The Labute approximate surface area is 190 Å². The predicted molar refractivity (Wildman–Crippen MR) is 127 cm³/mol. The van der Waals surface area contributed by atoms with Gasteiger partial charge in [-0.3, -0.25) is 4.79 Å². The summed E-state index contributed by atoms with van der Waals surface area (Å²) >= 11 is 7.59. The Morgan fingerprint density at radius 3 is 2.71 bits per heavy atom. The van der Waals surface area contributed by atoms with Crippen molar-refractivity contribution >= 4 is 46.0 Å². The first-order valence-electron chi connectivity index (χ1n) is 9.94. The maximum Gasteiger partial charge on any atom is 0.242 e. The highest BCUT2D eigenvalue weighted by atomic mass is 35.5. The standard InChI is InChI=1S/C24H22ClN3O2S/c1-3-30-18-11-12-20-21(14-18)28-24(27-20)31-22(16-7-5-4-6-8-16)23(29)26-17-10-9-15(2)19(25)13-17/h4-14,22H,3H2,1-2H3,(H,26,29)(H,27,28)/t22-/m0/s1. The van der Waals surface area contributed by atoms with Crippen LogP contribution in [-0.4, -0.2) is 22.5 Å². The fourth-order valence-corrected chi connectivity index (χ4v) is 4.35. The average molecular weight is 452 g/mol. The van der Waals surface area contributed by atoms with Crippen LogP contribution in [0.2, 0.25) is 5.02 Å². The highest BCUT2D eigenvalue weighted by Crippen LogP contribution is 2.36. The molecule has 4 aromatic rings. The van der Waals surface area contributed by atoms with Crippen molar-refractivity contribution in [3.8, 4) is 5.75 Å². The van der Waals surface area contributed by atoms with Crippen molar-refractivity contribution in [2.24, 2.45) is 0 Å². The first kappa shape index (κ1) is 21.3. The third-order valence-electron chi connectivity index (χ3n) is 4.75. The number of ether oxygens (including phenoxy) is 1. The number of thioether (sulfide) groups is 1.